The van der Waals surface area contributed by atoms with Crippen LogP contribution in [0.3, 0.4) is 0 Å². The lowest BCUT2D eigenvalue weighted by molar-refractivity contribution is 0.493. The molecule has 0 radical (unpaired) electrons. The molecule has 0 aliphatic heterocycles. The molecule has 0 aromatic heterocycles. The van der Waals surface area contributed by atoms with Crippen molar-refractivity contribution in [2.45, 2.75) is 6.92 Å². The Kier molecular flexibility index (Phi) is 4.18. The molecule has 0 unspecified atom stereocenters. The average Bonchev–Trinajstić information content (AvgIpc) is 2.34. The minimum absolute atomic E-state index is 0.427. The Labute approximate surface area is 118 Å². The van der Waals surface area contributed by atoms with Crippen LogP contribution in [0.5, 0.6) is 5.75 Å². The van der Waals surface area contributed by atoms with E-state index in [1.165, 1.54) is 6.66 Å². The van der Waals surface area contributed by atoms with E-state index in [1.54, 1.807) is 12.1 Å². The van der Waals surface area contributed by atoms with Gasteiger partial charge < -0.3 is 9.61 Å². The third kappa shape index (κ3) is 4.02. The number of aryl methyl sites for hydroxylation is 1. The van der Waals surface area contributed by atoms with Crippen LogP contribution in [0.25, 0.3) is 0 Å². The Hall–Kier alpha value is -1.44. The van der Waals surface area contributed by atoms with E-state index in [9.17, 15) is 4.57 Å². The lowest BCUT2D eigenvalue weighted by Crippen LogP contribution is -2.02. The summed E-state index contributed by atoms with van der Waals surface area (Å²) in [4.78, 5) is 0. The fourth-order valence-electron chi connectivity index (χ4n) is 1.64. The van der Waals surface area contributed by atoms with Gasteiger partial charge in [-0.3, -0.25) is 4.57 Å². The van der Waals surface area contributed by atoms with Crippen LogP contribution in [-0.2, 0) is 4.57 Å². The van der Waals surface area contributed by atoms with Crippen LogP contribution in [0.15, 0.2) is 48.5 Å². The minimum Gasteiger partial charge on any atom is -0.427 e. The van der Waals surface area contributed by atoms with Gasteiger partial charge >= 0.3 is 7.52 Å². The molecule has 0 aliphatic carbocycles. The first-order valence-corrected chi connectivity index (χ1v) is 8.28. The second-order valence-electron chi connectivity index (χ2n) is 4.35. The smallest absolute Gasteiger partial charge is 0.338 e. The molecular formula is C14H15ClNO2P. The largest absolute Gasteiger partial charge is 0.427 e. The number of hydrogen-bond acceptors (Lipinski definition) is 2. The third-order valence-electron chi connectivity index (χ3n) is 2.47. The molecule has 3 nitrogen and oxygen atoms in total. The van der Waals surface area contributed by atoms with Crippen molar-refractivity contribution in [3.05, 3.63) is 59.1 Å². The summed E-state index contributed by atoms with van der Waals surface area (Å²) in [7, 11) is -3.02. The molecule has 0 aliphatic rings. The molecule has 0 amide bonds. The van der Waals surface area contributed by atoms with Gasteiger partial charge in [-0.1, -0.05) is 35.9 Å². The van der Waals surface area contributed by atoms with Crippen LogP contribution < -0.4 is 9.61 Å². The lowest BCUT2D eigenvalue weighted by atomic mass is 10.2. The predicted molar refractivity (Wildman–Crippen MR) is 80.4 cm³/mol. The van der Waals surface area contributed by atoms with Crippen molar-refractivity contribution >= 4 is 24.8 Å². The van der Waals surface area contributed by atoms with Crippen LogP contribution in [0, 0.1) is 6.92 Å². The molecule has 2 aromatic carbocycles. The van der Waals surface area contributed by atoms with Gasteiger partial charge in [0.05, 0.1) is 5.02 Å². The molecular weight excluding hydrogens is 281 g/mol. The highest BCUT2D eigenvalue weighted by atomic mass is 35.5. The van der Waals surface area contributed by atoms with Gasteiger partial charge in [0.25, 0.3) is 0 Å². The maximum atomic E-state index is 12.4. The van der Waals surface area contributed by atoms with Crippen LogP contribution >= 0.6 is 19.1 Å². The SMILES string of the molecule is Cc1ccc(Cl)c(O[P@](C)(=O)Nc2ccccc2)c1. The number of anilines is 1. The summed E-state index contributed by atoms with van der Waals surface area (Å²) in [5.74, 6) is 0.427. The maximum absolute atomic E-state index is 12.4. The van der Waals surface area contributed by atoms with Crippen molar-refractivity contribution in [1.82, 2.24) is 0 Å². The van der Waals surface area contributed by atoms with Gasteiger partial charge in [-0.25, -0.2) is 0 Å². The van der Waals surface area contributed by atoms with Gasteiger partial charge in [0.2, 0.25) is 0 Å². The number of halogens is 1. The van der Waals surface area contributed by atoms with Gasteiger partial charge in [0.15, 0.2) is 0 Å². The number of para-hydroxylation sites is 1. The molecule has 0 saturated carbocycles. The second-order valence-corrected chi connectivity index (χ2v) is 6.85. The molecule has 1 N–H and O–H groups in total. The topological polar surface area (TPSA) is 38.3 Å². The highest BCUT2D eigenvalue weighted by Crippen LogP contribution is 2.45. The molecule has 0 saturated heterocycles. The molecule has 2 rings (SSSR count). The van der Waals surface area contributed by atoms with E-state index in [0.717, 1.165) is 11.3 Å². The summed E-state index contributed by atoms with van der Waals surface area (Å²) < 4.78 is 18.0. The zero-order chi connectivity index (χ0) is 13.9. The Morgan fingerprint density at radius 3 is 2.53 bits per heavy atom. The van der Waals surface area contributed by atoms with Gasteiger partial charge in [0.1, 0.15) is 5.75 Å². The Morgan fingerprint density at radius 1 is 1.16 bits per heavy atom. The van der Waals surface area contributed by atoms with E-state index in [2.05, 4.69) is 5.09 Å². The fraction of sp³-hybridized carbons (Fsp3) is 0.143. The molecule has 1 atom stereocenters. The quantitative estimate of drug-likeness (QED) is 0.810. The number of rotatable bonds is 4. The van der Waals surface area contributed by atoms with Crippen molar-refractivity contribution in [3.8, 4) is 5.75 Å². The minimum atomic E-state index is -3.02. The van der Waals surface area contributed by atoms with Crippen molar-refractivity contribution in [3.63, 3.8) is 0 Å². The Balaban J connectivity index is 2.17. The number of nitrogens with one attached hydrogen (secondary N) is 1. The highest BCUT2D eigenvalue weighted by molar-refractivity contribution is 7.60. The maximum Gasteiger partial charge on any atom is 0.338 e. The highest BCUT2D eigenvalue weighted by Gasteiger charge is 2.18. The zero-order valence-corrected chi connectivity index (χ0v) is 12.4. The predicted octanol–water partition coefficient (Wildman–Crippen LogP) is 4.96. The summed E-state index contributed by atoms with van der Waals surface area (Å²) in [6.45, 7) is 3.45. The lowest BCUT2D eigenvalue weighted by Gasteiger charge is -2.18. The summed E-state index contributed by atoms with van der Waals surface area (Å²) in [6.07, 6.45) is 0. The first-order valence-electron chi connectivity index (χ1n) is 5.83. The first kappa shape index (κ1) is 14.0. The number of hydrogen-bond donors (Lipinski definition) is 1. The molecule has 19 heavy (non-hydrogen) atoms. The number of benzene rings is 2. The molecule has 0 bridgehead atoms. The van der Waals surface area contributed by atoms with E-state index in [1.807, 2.05) is 43.3 Å². The van der Waals surface area contributed by atoms with E-state index in [0.29, 0.717) is 10.8 Å². The second kappa shape index (κ2) is 5.68. The van der Waals surface area contributed by atoms with E-state index < -0.39 is 7.52 Å². The summed E-state index contributed by atoms with van der Waals surface area (Å²) in [6, 6.07) is 14.7. The fourth-order valence-corrected chi connectivity index (χ4v) is 3.04. The average molecular weight is 296 g/mol. The summed E-state index contributed by atoms with van der Waals surface area (Å²) in [5, 5.41) is 3.33. The van der Waals surface area contributed by atoms with Gasteiger partial charge in [0, 0.05) is 12.4 Å². The van der Waals surface area contributed by atoms with Crippen LogP contribution in [0.4, 0.5) is 5.69 Å². The zero-order valence-electron chi connectivity index (χ0n) is 10.8. The van der Waals surface area contributed by atoms with E-state index in [4.69, 9.17) is 16.1 Å². The van der Waals surface area contributed by atoms with Gasteiger partial charge in [-0.05, 0) is 36.8 Å². The van der Waals surface area contributed by atoms with Crippen molar-refractivity contribution in [1.29, 1.82) is 0 Å². The monoisotopic (exact) mass is 295 g/mol. The van der Waals surface area contributed by atoms with Gasteiger partial charge in [-0.15, -0.1) is 0 Å². The van der Waals surface area contributed by atoms with Crippen LogP contribution in [0.2, 0.25) is 5.02 Å². The standard InChI is InChI=1S/C14H15ClNO2P/c1-11-8-9-13(15)14(10-11)18-19(2,17)16-12-6-4-3-5-7-12/h3-10H,1-2H3,(H,16,17)/t19-/m0/s1. The van der Waals surface area contributed by atoms with E-state index in [-0.39, 0.29) is 0 Å². The summed E-state index contributed by atoms with van der Waals surface area (Å²) >= 11 is 6.03. The Bertz CT molecular complexity index is 616. The van der Waals surface area contributed by atoms with Crippen molar-refractivity contribution < 1.29 is 9.09 Å². The van der Waals surface area contributed by atoms with E-state index >= 15 is 0 Å². The molecule has 0 fully saturated rings. The normalized spacial score (nSPS) is 13.6. The molecule has 0 heterocycles. The Morgan fingerprint density at radius 2 is 1.84 bits per heavy atom. The van der Waals surface area contributed by atoms with Crippen molar-refractivity contribution in [2.24, 2.45) is 0 Å². The van der Waals surface area contributed by atoms with Crippen LogP contribution in [0.1, 0.15) is 5.56 Å². The molecule has 5 heteroatoms. The first-order chi connectivity index (χ1) is 8.96. The van der Waals surface area contributed by atoms with Crippen LogP contribution in [-0.4, -0.2) is 6.66 Å². The van der Waals surface area contributed by atoms with Gasteiger partial charge in [-0.2, -0.15) is 0 Å². The summed E-state index contributed by atoms with van der Waals surface area (Å²) in [5.41, 5.74) is 1.75. The van der Waals surface area contributed by atoms with Crippen molar-refractivity contribution in [2.75, 3.05) is 11.8 Å². The third-order valence-corrected chi connectivity index (χ3v) is 3.99. The molecule has 100 valence electrons. The molecule has 0 spiro atoms. The molecule has 2 aromatic rings.